The van der Waals surface area contributed by atoms with Crippen molar-refractivity contribution in [1.29, 1.82) is 0 Å². The molecule has 3 rings (SSSR count). The second kappa shape index (κ2) is 8.49. The molecule has 0 saturated heterocycles. The summed E-state index contributed by atoms with van der Waals surface area (Å²) in [5.41, 5.74) is 8.21. The number of carbonyl (C=O) groups excluding carboxylic acids is 1. The first-order chi connectivity index (χ1) is 12.5. The minimum absolute atomic E-state index is 0.0612. The maximum absolute atomic E-state index is 12.5. The van der Waals surface area contributed by atoms with Crippen LogP contribution in [0.2, 0.25) is 0 Å². The van der Waals surface area contributed by atoms with Crippen molar-refractivity contribution in [1.82, 2.24) is 14.9 Å². The van der Waals surface area contributed by atoms with Crippen molar-refractivity contribution in [2.75, 3.05) is 0 Å². The maximum atomic E-state index is 12.5. The highest BCUT2D eigenvalue weighted by atomic mass is 16.2. The molecule has 0 spiro atoms. The number of nitrogens with two attached hydrogens (primary N) is 1. The van der Waals surface area contributed by atoms with Crippen molar-refractivity contribution in [3.63, 3.8) is 0 Å². The molecule has 140 valence electrons. The Morgan fingerprint density at radius 2 is 1.92 bits per heavy atom. The molecule has 0 radical (unpaired) electrons. The van der Waals surface area contributed by atoms with Gasteiger partial charge >= 0.3 is 0 Å². The number of aromatic nitrogens is 2. The van der Waals surface area contributed by atoms with E-state index in [9.17, 15) is 4.79 Å². The smallest absolute Gasteiger partial charge is 0.237 e. The van der Waals surface area contributed by atoms with E-state index >= 15 is 0 Å². The van der Waals surface area contributed by atoms with Crippen molar-refractivity contribution in [3.05, 3.63) is 54.1 Å². The summed E-state index contributed by atoms with van der Waals surface area (Å²) in [6.07, 6.45) is 7.59. The Labute approximate surface area is 156 Å². The number of rotatable bonds is 6. The van der Waals surface area contributed by atoms with Crippen LogP contribution in [-0.4, -0.2) is 27.5 Å². The highest BCUT2D eigenvalue weighted by molar-refractivity contribution is 5.82. The van der Waals surface area contributed by atoms with Crippen LogP contribution in [0.1, 0.15) is 44.4 Å². The average molecular weight is 354 g/mol. The third kappa shape index (κ3) is 5.18. The number of amides is 1. The maximum Gasteiger partial charge on any atom is 0.237 e. The van der Waals surface area contributed by atoms with Crippen LogP contribution in [-0.2, 0) is 17.8 Å². The molecule has 2 unspecified atom stereocenters. The zero-order valence-electron chi connectivity index (χ0n) is 15.8. The Morgan fingerprint density at radius 1 is 1.23 bits per heavy atom. The fourth-order valence-electron chi connectivity index (χ4n) is 4.08. The van der Waals surface area contributed by atoms with Gasteiger partial charge in [-0.15, -0.1) is 0 Å². The lowest BCUT2D eigenvalue weighted by Crippen LogP contribution is -2.48. The van der Waals surface area contributed by atoms with Crippen molar-refractivity contribution >= 4 is 5.91 Å². The van der Waals surface area contributed by atoms with Gasteiger partial charge in [0.2, 0.25) is 5.91 Å². The summed E-state index contributed by atoms with van der Waals surface area (Å²) in [6, 6.07) is 9.94. The van der Waals surface area contributed by atoms with Gasteiger partial charge in [-0.3, -0.25) is 4.79 Å². The Kier molecular flexibility index (Phi) is 6.09. The molecule has 3 atom stereocenters. The first kappa shape index (κ1) is 18.6. The summed E-state index contributed by atoms with van der Waals surface area (Å²) in [5.74, 6) is 1.26. The Morgan fingerprint density at radius 3 is 2.62 bits per heavy atom. The molecule has 0 aliphatic heterocycles. The van der Waals surface area contributed by atoms with Gasteiger partial charge in [0.05, 0.1) is 18.1 Å². The number of imidazole rings is 1. The van der Waals surface area contributed by atoms with Crippen LogP contribution in [0.3, 0.4) is 0 Å². The number of nitrogens with zero attached hydrogens (tertiary/aromatic N) is 2. The van der Waals surface area contributed by atoms with Gasteiger partial charge in [-0.05, 0) is 36.7 Å². The number of benzene rings is 1. The van der Waals surface area contributed by atoms with E-state index in [-0.39, 0.29) is 11.9 Å². The van der Waals surface area contributed by atoms with Crippen LogP contribution in [0.25, 0.3) is 0 Å². The molecular weight excluding hydrogens is 324 g/mol. The largest absolute Gasteiger partial charge is 0.352 e. The molecule has 1 fully saturated rings. The van der Waals surface area contributed by atoms with E-state index in [1.807, 2.05) is 29.0 Å². The molecule has 1 aromatic heterocycles. The van der Waals surface area contributed by atoms with Gasteiger partial charge in [-0.2, -0.15) is 0 Å². The fraction of sp³-hybridized carbons (Fsp3) is 0.524. The number of carbonyl (C=O) groups is 1. The van der Waals surface area contributed by atoms with Crippen LogP contribution in [0, 0.1) is 11.8 Å². The Balaban J connectivity index is 1.51. The molecule has 1 aliphatic carbocycles. The van der Waals surface area contributed by atoms with Gasteiger partial charge in [0.15, 0.2) is 0 Å². The number of hydrogen-bond donors (Lipinski definition) is 2. The van der Waals surface area contributed by atoms with Crippen molar-refractivity contribution in [2.24, 2.45) is 17.6 Å². The van der Waals surface area contributed by atoms with Gasteiger partial charge in [-0.25, -0.2) is 4.98 Å². The lowest BCUT2D eigenvalue weighted by Gasteiger charge is -2.32. The minimum atomic E-state index is -0.553. The summed E-state index contributed by atoms with van der Waals surface area (Å²) < 4.78 is 2.03. The molecule has 0 bridgehead atoms. The SMILES string of the molecule is CC1CC(C)CC(NC(=O)[C@@H](N)Cc2cn(Cc3ccccc3)cn2)C1. The lowest BCUT2D eigenvalue weighted by molar-refractivity contribution is -0.123. The zero-order chi connectivity index (χ0) is 18.5. The first-order valence-electron chi connectivity index (χ1n) is 9.60. The third-order valence-electron chi connectivity index (χ3n) is 5.19. The predicted molar refractivity (Wildman–Crippen MR) is 104 cm³/mol. The molecule has 5 nitrogen and oxygen atoms in total. The topological polar surface area (TPSA) is 72.9 Å². The van der Waals surface area contributed by atoms with Crippen LogP contribution in [0.4, 0.5) is 0 Å². The molecule has 5 heteroatoms. The van der Waals surface area contributed by atoms with Crippen molar-refractivity contribution in [2.45, 2.75) is 58.2 Å². The summed E-state index contributed by atoms with van der Waals surface area (Å²) in [7, 11) is 0. The van der Waals surface area contributed by atoms with E-state index in [1.54, 1.807) is 6.33 Å². The fourth-order valence-corrected chi connectivity index (χ4v) is 4.08. The van der Waals surface area contributed by atoms with E-state index in [0.717, 1.165) is 25.1 Å². The molecular formula is C21H30N4O. The lowest BCUT2D eigenvalue weighted by atomic mass is 9.80. The molecule has 1 aliphatic rings. The van der Waals surface area contributed by atoms with Crippen molar-refractivity contribution in [3.8, 4) is 0 Å². The quantitative estimate of drug-likeness (QED) is 0.838. The molecule has 1 amide bonds. The minimum Gasteiger partial charge on any atom is -0.352 e. The summed E-state index contributed by atoms with van der Waals surface area (Å²) >= 11 is 0. The van der Waals surface area contributed by atoms with E-state index in [0.29, 0.717) is 18.3 Å². The normalized spacial score (nSPS) is 24.2. The summed E-state index contributed by atoms with van der Waals surface area (Å²) in [4.78, 5) is 16.9. The first-order valence-corrected chi connectivity index (χ1v) is 9.60. The standard InChI is InChI=1S/C21H30N4O/c1-15-8-16(2)10-18(9-15)24-21(26)20(22)11-19-13-25(14-23-19)12-17-6-4-3-5-7-17/h3-7,13-16,18,20H,8-12,22H2,1-2H3,(H,24,26)/t15?,16?,18?,20-/m0/s1. The molecule has 3 N–H and O–H groups in total. The summed E-state index contributed by atoms with van der Waals surface area (Å²) in [6.45, 7) is 5.29. The van der Waals surface area contributed by atoms with E-state index in [2.05, 4.69) is 36.3 Å². The van der Waals surface area contributed by atoms with E-state index in [1.165, 1.54) is 12.0 Å². The molecule has 2 aromatic rings. The molecule has 1 aromatic carbocycles. The van der Waals surface area contributed by atoms with E-state index < -0.39 is 6.04 Å². The van der Waals surface area contributed by atoms with Gasteiger partial charge in [0, 0.05) is 25.2 Å². The van der Waals surface area contributed by atoms with Gasteiger partial charge in [0.1, 0.15) is 0 Å². The average Bonchev–Trinajstić information content (AvgIpc) is 3.01. The number of nitrogens with one attached hydrogen (secondary N) is 1. The van der Waals surface area contributed by atoms with Crippen LogP contribution in [0.15, 0.2) is 42.9 Å². The predicted octanol–water partition coefficient (Wildman–Crippen LogP) is 2.74. The third-order valence-corrected chi connectivity index (χ3v) is 5.19. The van der Waals surface area contributed by atoms with Crippen LogP contribution >= 0.6 is 0 Å². The Bertz CT molecular complexity index is 702. The Hall–Kier alpha value is -2.14. The number of hydrogen-bond acceptors (Lipinski definition) is 3. The second-order valence-corrected chi connectivity index (χ2v) is 7.96. The molecule has 26 heavy (non-hydrogen) atoms. The highest BCUT2D eigenvalue weighted by Crippen LogP contribution is 2.28. The second-order valence-electron chi connectivity index (χ2n) is 7.96. The van der Waals surface area contributed by atoms with Crippen LogP contribution < -0.4 is 11.1 Å². The van der Waals surface area contributed by atoms with Gasteiger partial charge in [0.25, 0.3) is 0 Å². The van der Waals surface area contributed by atoms with Gasteiger partial charge in [-0.1, -0.05) is 44.2 Å². The van der Waals surface area contributed by atoms with Crippen molar-refractivity contribution < 1.29 is 4.79 Å². The molecule has 1 heterocycles. The molecule has 1 saturated carbocycles. The zero-order valence-corrected chi connectivity index (χ0v) is 15.8. The monoisotopic (exact) mass is 354 g/mol. The van der Waals surface area contributed by atoms with Crippen LogP contribution in [0.5, 0.6) is 0 Å². The van der Waals surface area contributed by atoms with E-state index in [4.69, 9.17) is 5.73 Å². The summed E-state index contributed by atoms with van der Waals surface area (Å²) in [5, 5.41) is 3.15. The highest BCUT2D eigenvalue weighted by Gasteiger charge is 2.26. The van der Waals surface area contributed by atoms with Gasteiger partial charge < -0.3 is 15.6 Å².